The number of Topliss-reactive ketones (excluding diaryl/α,β-unsaturated/α-hetero) is 1. The van der Waals surface area contributed by atoms with Gasteiger partial charge in [-0.3, -0.25) is 4.79 Å². The van der Waals surface area contributed by atoms with E-state index in [1.54, 1.807) is 0 Å². The van der Waals surface area contributed by atoms with Gasteiger partial charge in [-0.2, -0.15) is 0 Å². The summed E-state index contributed by atoms with van der Waals surface area (Å²) in [7, 11) is -2.90. The van der Waals surface area contributed by atoms with Crippen LogP contribution in [0.4, 0.5) is 0 Å². The monoisotopic (exact) mass is 267 g/mol. The Morgan fingerprint density at radius 2 is 2.06 bits per heavy atom. The van der Waals surface area contributed by atoms with Crippen LogP contribution in [0.5, 0.6) is 0 Å². The van der Waals surface area contributed by atoms with Crippen LogP contribution in [-0.4, -0.2) is 30.3 Å². The molecule has 3 rings (SSSR count). The predicted octanol–water partition coefficient (Wildman–Crippen LogP) is 1.76. The normalized spacial score (nSPS) is 26.9. The molecule has 1 fully saturated rings. The third kappa shape index (κ3) is 2.00. The molecule has 1 unspecified atom stereocenters. The van der Waals surface area contributed by atoms with Crippen molar-refractivity contribution in [3.63, 3.8) is 0 Å². The zero-order valence-corrected chi connectivity index (χ0v) is 11.1. The number of carbonyl (C=O) groups is 1. The highest BCUT2D eigenvalue weighted by molar-refractivity contribution is 7.91. The zero-order valence-electron chi connectivity index (χ0n) is 10.3. The number of fused-ring (bicyclic) bond motifs is 1. The van der Waals surface area contributed by atoms with Crippen LogP contribution >= 0.6 is 0 Å². The van der Waals surface area contributed by atoms with Crippen LogP contribution in [0.3, 0.4) is 0 Å². The molecule has 2 heterocycles. The van der Waals surface area contributed by atoms with Gasteiger partial charge in [0.25, 0.3) is 0 Å². The summed E-state index contributed by atoms with van der Waals surface area (Å²) in [4.78, 5) is 11.8. The molecule has 1 aromatic heterocycles. The minimum Gasteiger partial charge on any atom is -0.347 e. The molecule has 0 N–H and O–H groups in total. The SMILES string of the molecule is O=C1CCCc2c1ccn2C1CCCS(=O)(=O)C1. The van der Waals surface area contributed by atoms with E-state index in [0.717, 1.165) is 36.9 Å². The first kappa shape index (κ1) is 12.0. The number of hydrogen-bond donors (Lipinski definition) is 0. The van der Waals surface area contributed by atoms with Gasteiger partial charge in [0.1, 0.15) is 0 Å². The van der Waals surface area contributed by atoms with E-state index >= 15 is 0 Å². The smallest absolute Gasteiger partial charge is 0.164 e. The van der Waals surface area contributed by atoms with E-state index in [4.69, 9.17) is 0 Å². The van der Waals surface area contributed by atoms with Crippen LogP contribution in [0.25, 0.3) is 0 Å². The summed E-state index contributed by atoms with van der Waals surface area (Å²) in [5.74, 6) is 0.738. The van der Waals surface area contributed by atoms with Gasteiger partial charge in [-0.1, -0.05) is 0 Å². The van der Waals surface area contributed by atoms with Gasteiger partial charge in [-0.15, -0.1) is 0 Å². The largest absolute Gasteiger partial charge is 0.347 e. The maximum Gasteiger partial charge on any atom is 0.164 e. The minimum atomic E-state index is -2.90. The molecule has 0 bridgehead atoms. The highest BCUT2D eigenvalue weighted by Crippen LogP contribution is 2.30. The third-order valence-electron chi connectivity index (χ3n) is 3.97. The Labute approximate surface area is 107 Å². The van der Waals surface area contributed by atoms with E-state index < -0.39 is 9.84 Å². The van der Waals surface area contributed by atoms with Gasteiger partial charge >= 0.3 is 0 Å². The Balaban J connectivity index is 1.96. The van der Waals surface area contributed by atoms with Crippen LogP contribution in [0, 0.1) is 0 Å². The summed E-state index contributed by atoms with van der Waals surface area (Å²) < 4.78 is 25.5. The molecule has 1 saturated heterocycles. The molecular formula is C13H17NO3S. The number of aromatic nitrogens is 1. The molecule has 1 aliphatic heterocycles. The van der Waals surface area contributed by atoms with Gasteiger partial charge in [0.15, 0.2) is 15.6 Å². The Bertz CT molecular complexity index is 585. The van der Waals surface area contributed by atoms with Crippen LogP contribution in [0.15, 0.2) is 12.3 Å². The van der Waals surface area contributed by atoms with Crippen molar-refractivity contribution < 1.29 is 13.2 Å². The molecule has 1 aromatic rings. The van der Waals surface area contributed by atoms with E-state index in [-0.39, 0.29) is 17.6 Å². The van der Waals surface area contributed by atoms with Gasteiger partial charge in [-0.25, -0.2) is 8.42 Å². The van der Waals surface area contributed by atoms with E-state index in [9.17, 15) is 13.2 Å². The van der Waals surface area contributed by atoms with Gasteiger partial charge in [0.05, 0.1) is 11.5 Å². The first-order valence-corrected chi connectivity index (χ1v) is 8.32. The van der Waals surface area contributed by atoms with Crippen molar-refractivity contribution in [3.05, 3.63) is 23.5 Å². The first-order chi connectivity index (χ1) is 8.57. The Morgan fingerprint density at radius 1 is 1.22 bits per heavy atom. The number of carbonyl (C=O) groups excluding carboxylic acids is 1. The van der Waals surface area contributed by atoms with Gasteiger partial charge in [-0.05, 0) is 31.7 Å². The van der Waals surface area contributed by atoms with Gasteiger partial charge in [0, 0.05) is 29.9 Å². The molecule has 0 amide bonds. The zero-order chi connectivity index (χ0) is 12.8. The molecule has 4 nitrogen and oxygen atoms in total. The lowest BCUT2D eigenvalue weighted by Crippen LogP contribution is -2.28. The predicted molar refractivity (Wildman–Crippen MR) is 68.6 cm³/mol. The number of ketones is 1. The molecule has 1 aliphatic carbocycles. The second-order valence-corrected chi connectivity index (χ2v) is 7.50. The topological polar surface area (TPSA) is 56.1 Å². The molecular weight excluding hydrogens is 250 g/mol. The van der Waals surface area contributed by atoms with Crippen LogP contribution in [-0.2, 0) is 16.3 Å². The van der Waals surface area contributed by atoms with Crippen molar-refractivity contribution in [3.8, 4) is 0 Å². The minimum absolute atomic E-state index is 0.0263. The molecule has 98 valence electrons. The van der Waals surface area contributed by atoms with Crippen molar-refractivity contribution in [2.24, 2.45) is 0 Å². The van der Waals surface area contributed by atoms with Crippen molar-refractivity contribution in [1.29, 1.82) is 0 Å². The fraction of sp³-hybridized carbons (Fsp3) is 0.615. The molecule has 0 saturated carbocycles. The molecule has 2 aliphatic rings. The van der Waals surface area contributed by atoms with E-state index in [1.807, 2.05) is 16.8 Å². The summed E-state index contributed by atoms with van der Waals surface area (Å²) in [5.41, 5.74) is 1.86. The molecule has 0 spiro atoms. The number of sulfone groups is 1. The quantitative estimate of drug-likeness (QED) is 0.779. The second kappa shape index (κ2) is 4.23. The third-order valence-corrected chi connectivity index (χ3v) is 5.78. The van der Waals surface area contributed by atoms with Crippen LogP contribution in [0.2, 0.25) is 0 Å². The Hall–Kier alpha value is -1.10. The highest BCUT2D eigenvalue weighted by Gasteiger charge is 2.29. The van der Waals surface area contributed by atoms with Gasteiger partial charge in [0.2, 0.25) is 0 Å². The molecule has 0 radical (unpaired) electrons. The molecule has 18 heavy (non-hydrogen) atoms. The highest BCUT2D eigenvalue weighted by atomic mass is 32.2. The molecule has 1 atom stereocenters. The number of nitrogens with zero attached hydrogens (tertiary/aromatic N) is 1. The van der Waals surface area contributed by atoms with Gasteiger partial charge < -0.3 is 4.57 Å². The lowest BCUT2D eigenvalue weighted by molar-refractivity contribution is 0.0971. The maximum absolute atomic E-state index is 11.8. The second-order valence-electron chi connectivity index (χ2n) is 5.27. The van der Waals surface area contributed by atoms with Crippen molar-refractivity contribution in [2.45, 2.75) is 38.1 Å². The molecule has 0 aromatic carbocycles. The summed E-state index contributed by atoms with van der Waals surface area (Å²) in [6, 6.07) is 1.89. The Morgan fingerprint density at radius 3 is 2.83 bits per heavy atom. The average Bonchev–Trinajstić information content (AvgIpc) is 2.73. The summed E-state index contributed by atoms with van der Waals surface area (Å²) in [6.07, 6.45) is 5.93. The van der Waals surface area contributed by atoms with Crippen LogP contribution < -0.4 is 0 Å². The van der Waals surface area contributed by atoms with Crippen molar-refractivity contribution in [2.75, 3.05) is 11.5 Å². The summed E-state index contributed by atoms with van der Waals surface area (Å²) in [5, 5.41) is 0. The molecule has 5 heteroatoms. The Kier molecular flexibility index (Phi) is 2.81. The lowest BCUT2D eigenvalue weighted by atomic mass is 9.96. The van der Waals surface area contributed by atoms with E-state index in [1.165, 1.54) is 0 Å². The number of hydrogen-bond acceptors (Lipinski definition) is 3. The fourth-order valence-electron chi connectivity index (χ4n) is 3.11. The average molecular weight is 267 g/mol. The van der Waals surface area contributed by atoms with Crippen molar-refractivity contribution in [1.82, 2.24) is 4.57 Å². The first-order valence-electron chi connectivity index (χ1n) is 6.50. The van der Waals surface area contributed by atoms with E-state index in [2.05, 4.69) is 0 Å². The standard InChI is InChI=1S/C13H17NO3S/c15-13-5-1-4-12-11(13)6-7-14(12)10-3-2-8-18(16,17)9-10/h6-7,10H,1-5,8-9H2. The number of rotatable bonds is 1. The summed E-state index contributed by atoms with van der Waals surface area (Å²) >= 11 is 0. The van der Waals surface area contributed by atoms with E-state index in [0.29, 0.717) is 12.2 Å². The van der Waals surface area contributed by atoms with Crippen molar-refractivity contribution >= 4 is 15.6 Å². The van der Waals surface area contributed by atoms with Crippen LogP contribution in [0.1, 0.15) is 47.8 Å². The lowest BCUT2D eigenvalue weighted by Gasteiger charge is -2.26. The maximum atomic E-state index is 11.8. The fourth-order valence-corrected chi connectivity index (χ4v) is 4.80. The summed E-state index contributed by atoms with van der Waals surface area (Å²) in [6.45, 7) is 0.